The molecule has 96 valence electrons. The molecule has 5 heteroatoms. The first-order valence-corrected chi connectivity index (χ1v) is 5.61. The summed E-state index contributed by atoms with van der Waals surface area (Å²) in [5.74, 6) is 0.525. The van der Waals surface area contributed by atoms with E-state index in [2.05, 4.69) is 13.8 Å². The lowest BCUT2D eigenvalue weighted by atomic mass is 10.2. The summed E-state index contributed by atoms with van der Waals surface area (Å²) < 4.78 is 4.91. The predicted molar refractivity (Wildman–Crippen MR) is 66.7 cm³/mol. The zero-order chi connectivity index (χ0) is 11.4. The van der Waals surface area contributed by atoms with E-state index < -0.39 is 6.04 Å². The fourth-order valence-corrected chi connectivity index (χ4v) is 1.66. The third-order valence-corrected chi connectivity index (χ3v) is 2.50. The van der Waals surface area contributed by atoms with E-state index in [1.165, 1.54) is 0 Å². The monoisotopic (exact) mass is 250 g/mol. The Bertz CT molecular complexity index is 220. The van der Waals surface area contributed by atoms with Crippen molar-refractivity contribution in [1.29, 1.82) is 0 Å². The summed E-state index contributed by atoms with van der Waals surface area (Å²) in [6.45, 7) is 5.34. The second kappa shape index (κ2) is 7.09. The number of amides is 1. The molecule has 1 rings (SSSR count). The Kier molecular flexibility index (Phi) is 6.95. The first kappa shape index (κ1) is 15.7. The van der Waals surface area contributed by atoms with Crippen molar-refractivity contribution in [1.82, 2.24) is 4.90 Å². The van der Waals surface area contributed by atoms with Crippen LogP contribution in [0.3, 0.4) is 0 Å². The quantitative estimate of drug-likeness (QED) is 0.766. The van der Waals surface area contributed by atoms with Gasteiger partial charge in [-0.3, -0.25) is 4.79 Å². The molecule has 0 radical (unpaired) electrons. The Labute approximate surface area is 104 Å². The first-order chi connectivity index (χ1) is 7.06. The predicted octanol–water partition coefficient (Wildman–Crippen LogP) is 1.03. The van der Waals surface area contributed by atoms with Gasteiger partial charge in [-0.2, -0.15) is 0 Å². The van der Waals surface area contributed by atoms with E-state index in [1.54, 1.807) is 7.11 Å². The molecule has 4 nitrogen and oxygen atoms in total. The topological polar surface area (TPSA) is 55.6 Å². The van der Waals surface area contributed by atoms with Crippen molar-refractivity contribution in [3.05, 3.63) is 0 Å². The molecule has 0 heterocycles. The number of halogens is 1. The van der Waals surface area contributed by atoms with Crippen LogP contribution in [0, 0.1) is 5.92 Å². The Morgan fingerprint density at radius 1 is 1.50 bits per heavy atom. The molecule has 0 spiro atoms. The van der Waals surface area contributed by atoms with Crippen molar-refractivity contribution in [2.45, 2.75) is 38.8 Å². The minimum Gasteiger partial charge on any atom is -0.383 e. The van der Waals surface area contributed by atoms with Crippen LogP contribution < -0.4 is 5.73 Å². The Hall–Kier alpha value is -0.320. The molecule has 0 bridgehead atoms. The Morgan fingerprint density at radius 3 is 2.44 bits per heavy atom. The molecular formula is C11H23ClN2O2. The van der Waals surface area contributed by atoms with Gasteiger partial charge in [0.1, 0.15) is 6.04 Å². The molecule has 1 aliphatic rings. The van der Waals surface area contributed by atoms with Gasteiger partial charge in [0.2, 0.25) is 5.91 Å². The molecule has 1 saturated carbocycles. The summed E-state index contributed by atoms with van der Waals surface area (Å²) >= 11 is 0. The van der Waals surface area contributed by atoms with Gasteiger partial charge in [0.05, 0.1) is 6.61 Å². The lowest BCUT2D eigenvalue weighted by Gasteiger charge is -2.27. The maximum atomic E-state index is 12.0. The standard InChI is InChI=1S/C11H22N2O2.ClH/c1-8(2)6-13(9-4-5-9)11(14)10(12)7-15-3;/h8-10H,4-7,12H2,1-3H3;1H. The number of nitrogens with zero attached hydrogens (tertiary/aromatic N) is 1. The van der Waals surface area contributed by atoms with Crippen LogP contribution in [0.4, 0.5) is 0 Å². The molecule has 1 amide bonds. The van der Waals surface area contributed by atoms with Crippen molar-refractivity contribution in [3.63, 3.8) is 0 Å². The van der Waals surface area contributed by atoms with E-state index in [9.17, 15) is 4.79 Å². The number of ether oxygens (including phenoxy) is 1. The minimum atomic E-state index is -0.505. The molecule has 1 unspecified atom stereocenters. The van der Waals surface area contributed by atoms with Gasteiger partial charge in [0.25, 0.3) is 0 Å². The van der Waals surface area contributed by atoms with Gasteiger partial charge in [0.15, 0.2) is 0 Å². The highest BCUT2D eigenvalue weighted by Crippen LogP contribution is 2.27. The van der Waals surface area contributed by atoms with Crippen LogP contribution in [0.5, 0.6) is 0 Å². The molecule has 0 aliphatic heterocycles. The molecule has 0 aromatic rings. The van der Waals surface area contributed by atoms with E-state index in [-0.39, 0.29) is 18.3 Å². The van der Waals surface area contributed by atoms with Crippen molar-refractivity contribution < 1.29 is 9.53 Å². The maximum Gasteiger partial charge on any atom is 0.242 e. The molecule has 2 N–H and O–H groups in total. The number of hydrogen-bond acceptors (Lipinski definition) is 3. The molecule has 1 fully saturated rings. The average molecular weight is 251 g/mol. The largest absolute Gasteiger partial charge is 0.383 e. The van der Waals surface area contributed by atoms with E-state index in [1.807, 2.05) is 4.90 Å². The van der Waals surface area contributed by atoms with Gasteiger partial charge in [-0.25, -0.2) is 0 Å². The highest BCUT2D eigenvalue weighted by Gasteiger charge is 2.34. The van der Waals surface area contributed by atoms with Crippen molar-refractivity contribution in [3.8, 4) is 0 Å². The zero-order valence-corrected chi connectivity index (χ0v) is 11.1. The van der Waals surface area contributed by atoms with E-state index in [4.69, 9.17) is 10.5 Å². The van der Waals surface area contributed by atoms with Gasteiger partial charge in [-0.15, -0.1) is 12.4 Å². The summed E-state index contributed by atoms with van der Waals surface area (Å²) in [6, 6.07) is -0.0721. The van der Waals surface area contributed by atoms with Crippen LogP contribution in [-0.4, -0.2) is 43.2 Å². The first-order valence-electron chi connectivity index (χ1n) is 5.61. The molecule has 0 aromatic heterocycles. The van der Waals surface area contributed by atoms with Crippen LogP contribution in [0.25, 0.3) is 0 Å². The van der Waals surface area contributed by atoms with Crippen molar-refractivity contribution in [2.75, 3.05) is 20.3 Å². The summed E-state index contributed by atoms with van der Waals surface area (Å²) in [7, 11) is 1.57. The number of methoxy groups -OCH3 is 1. The maximum absolute atomic E-state index is 12.0. The summed E-state index contributed by atoms with van der Waals surface area (Å²) in [6.07, 6.45) is 2.25. The number of rotatable bonds is 6. The summed E-state index contributed by atoms with van der Waals surface area (Å²) in [4.78, 5) is 13.9. The highest BCUT2D eigenvalue weighted by atomic mass is 35.5. The second-order valence-corrected chi connectivity index (χ2v) is 4.68. The van der Waals surface area contributed by atoms with Gasteiger partial charge in [0, 0.05) is 19.7 Å². The second-order valence-electron chi connectivity index (χ2n) is 4.68. The van der Waals surface area contributed by atoms with Crippen LogP contribution in [0.2, 0.25) is 0 Å². The Balaban J connectivity index is 0.00000225. The van der Waals surface area contributed by atoms with Gasteiger partial charge < -0.3 is 15.4 Å². The van der Waals surface area contributed by atoms with Gasteiger partial charge in [-0.1, -0.05) is 13.8 Å². The van der Waals surface area contributed by atoms with Crippen LogP contribution in [-0.2, 0) is 9.53 Å². The fourth-order valence-electron chi connectivity index (χ4n) is 1.66. The minimum absolute atomic E-state index is 0. The lowest BCUT2D eigenvalue weighted by Crippen LogP contribution is -2.48. The summed E-state index contributed by atoms with van der Waals surface area (Å²) in [5, 5.41) is 0. The number of nitrogens with two attached hydrogens (primary N) is 1. The number of carbonyl (C=O) groups is 1. The van der Waals surface area contributed by atoms with Crippen LogP contribution >= 0.6 is 12.4 Å². The lowest BCUT2D eigenvalue weighted by molar-refractivity contribution is -0.134. The van der Waals surface area contributed by atoms with E-state index >= 15 is 0 Å². The van der Waals surface area contributed by atoms with Crippen LogP contribution in [0.1, 0.15) is 26.7 Å². The number of hydrogen-bond donors (Lipinski definition) is 1. The molecule has 1 atom stereocenters. The average Bonchev–Trinajstić information content (AvgIpc) is 2.96. The van der Waals surface area contributed by atoms with E-state index in [0.717, 1.165) is 19.4 Å². The smallest absolute Gasteiger partial charge is 0.242 e. The van der Waals surface area contributed by atoms with Crippen LogP contribution in [0.15, 0.2) is 0 Å². The molecule has 16 heavy (non-hydrogen) atoms. The normalized spacial score (nSPS) is 16.8. The third-order valence-electron chi connectivity index (χ3n) is 2.50. The van der Waals surface area contributed by atoms with Crippen molar-refractivity contribution in [2.24, 2.45) is 11.7 Å². The van der Waals surface area contributed by atoms with Crippen molar-refractivity contribution >= 4 is 18.3 Å². The molecule has 0 saturated heterocycles. The highest BCUT2D eigenvalue weighted by molar-refractivity contribution is 5.85. The van der Waals surface area contributed by atoms with Gasteiger partial charge >= 0.3 is 0 Å². The van der Waals surface area contributed by atoms with E-state index in [0.29, 0.717) is 18.6 Å². The summed E-state index contributed by atoms with van der Waals surface area (Å²) in [5.41, 5.74) is 5.75. The number of carbonyl (C=O) groups excluding carboxylic acids is 1. The molecule has 1 aliphatic carbocycles. The molecular weight excluding hydrogens is 228 g/mol. The molecule has 0 aromatic carbocycles. The fraction of sp³-hybridized carbons (Fsp3) is 0.909. The third kappa shape index (κ3) is 4.68. The van der Waals surface area contributed by atoms with Gasteiger partial charge in [-0.05, 0) is 18.8 Å². The SMILES string of the molecule is COCC(N)C(=O)N(CC(C)C)C1CC1.Cl. The zero-order valence-electron chi connectivity index (χ0n) is 10.3. The Morgan fingerprint density at radius 2 is 2.06 bits per heavy atom.